The number of likely N-dealkylation sites (tertiary alicyclic amines) is 2. The second-order valence-electron chi connectivity index (χ2n) is 11.9. The summed E-state index contributed by atoms with van der Waals surface area (Å²) in [5.74, 6) is -3.36. The molecule has 1 N–H and O–H groups in total. The van der Waals surface area contributed by atoms with Crippen molar-refractivity contribution in [1.82, 2.24) is 9.80 Å². The first kappa shape index (κ1) is 35.9. The van der Waals surface area contributed by atoms with Crippen molar-refractivity contribution in [3.05, 3.63) is 101 Å². The molecule has 2 heterocycles. The fourth-order valence-corrected chi connectivity index (χ4v) is 7.62. The number of urea groups is 1. The minimum atomic E-state index is -6.10. The molecular weight excluding hydrogens is 675 g/mol. The third-order valence-corrected chi connectivity index (χ3v) is 10.3. The number of piperidine rings is 1. The van der Waals surface area contributed by atoms with Crippen molar-refractivity contribution in [2.45, 2.75) is 53.5 Å². The Labute approximate surface area is 274 Å². The van der Waals surface area contributed by atoms with Crippen molar-refractivity contribution >= 4 is 17.8 Å². The van der Waals surface area contributed by atoms with Crippen molar-refractivity contribution in [2.75, 3.05) is 32.8 Å². The molecule has 0 saturated carbocycles. The molecule has 260 valence electrons. The molecule has 2 amide bonds. The van der Waals surface area contributed by atoms with Crippen LogP contribution in [0.1, 0.15) is 36.0 Å². The monoisotopic (exact) mass is 706 g/mol. The number of rotatable bonds is 8. The van der Waals surface area contributed by atoms with Crippen LogP contribution in [0.3, 0.4) is 0 Å². The first-order valence-electron chi connectivity index (χ1n) is 15.0. The lowest BCUT2D eigenvalue weighted by atomic mass is 9.88. The molecular formula is C33H31F9N2O3S. The molecule has 0 aromatic heterocycles. The minimum absolute atomic E-state index is 0.0280. The number of carbonyl (C=O) groups is 1. The Morgan fingerprint density at radius 2 is 1.50 bits per heavy atom. The van der Waals surface area contributed by atoms with Gasteiger partial charge in [0.25, 0.3) is 5.60 Å². The van der Waals surface area contributed by atoms with Crippen molar-refractivity contribution in [3.8, 4) is 0 Å². The zero-order chi connectivity index (χ0) is 34.9. The third-order valence-electron chi connectivity index (χ3n) is 8.79. The van der Waals surface area contributed by atoms with Crippen LogP contribution in [0.15, 0.2) is 71.6 Å². The van der Waals surface area contributed by atoms with E-state index in [0.717, 1.165) is 24.6 Å². The second-order valence-corrected chi connectivity index (χ2v) is 13.3. The van der Waals surface area contributed by atoms with E-state index in [9.17, 15) is 49.4 Å². The molecule has 5 nitrogen and oxygen atoms in total. The fourth-order valence-electron chi connectivity index (χ4n) is 6.23. The van der Waals surface area contributed by atoms with Crippen LogP contribution >= 0.6 is 11.8 Å². The number of halogens is 9. The summed E-state index contributed by atoms with van der Waals surface area (Å²) in [7, 11) is 0. The van der Waals surface area contributed by atoms with Gasteiger partial charge in [-0.05, 0) is 67.1 Å². The second kappa shape index (κ2) is 13.8. The van der Waals surface area contributed by atoms with Gasteiger partial charge in [-0.3, -0.25) is 0 Å². The van der Waals surface area contributed by atoms with Crippen molar-refractivity contribution in [2.24, 2.45) is 5.92 Å². The summed E-state index contributed by atoms with van der Waals surface area (Å²) in [6.45, 7) is -0.717. The summed E-state index contributed by atoms with van der Waals surface area (Å²) in [4.78, 5) is 17.2. The summed E-state index contributed by atoms with van der Waals surface area (Å²) >= 11 is 1.19. The van der Waals surface area contributed by atoms with Gasteiger partial charge in [-0.15, -0.1) is 11.8 Å². The quantitative estimate of drug-likeness (QED) is 0.241. The number of aliphatic hydroxyl groups excluding tert-OH is 1. The maximum absolute atomic E-state index is 14.5. The van der Waals surface area contributed by atoms with Gasteiger partial charge in [-0.2, -0.15) is 26.3 Å². The van der Waals surface area contributed by atoms with E-state index in [4.69, 9.17) is 0 Å². The summed E-state index contributed by atoms with van der Waals surface area (Å²) in [6.07, 6.45) is -10.5. The Morgan fingerprint density at radius 1 is 0.875 bits per heavy atom. The van der Waals surface area contributed by atoms with E-state index in [-0.39, 0.29) is 38.1 Å². The maximum Gasteiger partial charge on any atom is 0.430 e. The number of hydrogen-bond donors (Lipinski definition) is 1. The Bertz CT molecular complexity index is 1550. The Hall–Kier alpha value is -3.43. The van der Waals surface area contributed by atoms with Crippen LogP contribution in [0.2, 0.25) is 0 Å². The van der Waals surface area contributed by atoms with Gasteiger partial charge in [-0.1, -0.05) is 30.3 Å². The summed E-state index contributed by atoms with van der Waals surface area (Å²) < 4.78 is 132. The van der Waals surface area contributed by atoms with Crippen LogP contribution in [0.5, 0.6) is 0 Å². The Kier molecular flexibility index (Phi) is 10.3. The van der Waals surface area contributed by atoms with E-state index in [0.29, 0.717) is 54.2 Å². The molecule has 2 aliphatic heterocycles. The summed E-state index contributed by atoms with van der Waals surface area (Å²) in [5.41, 5.74) is -7.11. The number of alkyl halides is 6. The minimum Gasteiger partial charge on any atom is -0.396 e. The van der Waals surface area contributed by atoms with Crippen LogP contribution in [-0.2, 0) is 21.7 Å². The number of benzene rings is 3. The predicted molar refractivity (Wildman–Crippen MR) is 158 cm³/mol. The molecule has 5 rings (SSSR count). The predicted octanol–water partition coefficient (Wildman–Crippen LogP) is 8.16. The standard InChI is InChI=1S/C33H31F9N2O3S/c34-24-10-12-25(13-11-24)48-30(14-16-44(20-30)29(46)43-15-2-3-21(17-43)18-45)22-6-8-23(9-7-22)31(32(37,38)39,33(40,41)42)47-19-26-27(35)4-1-5-28(26)36/h1,4-13,21,45H,2-3,14-20H2/t21-,30+/m1/s1. The molecule has 2 saturated heterocycles. The lowest BCUT2D eigenvalue weighted by molar-refractivity contribution is -0.392. The smallest absolute Gasteiger partial charge is 0.396 e. The number of nitrogens with zero attached hydrogens (tertiary/aromatic N) is 2. The summed E-state index contributed by atoms with van der Waals surface area (Å²) in [6, 6.07) is 10.7. The van der Waals surface area contributed by atoms with Gasteiger partial charge >= 0.3 is 18.4 Å². The molecule has 15 heteroatoms. The first-order valence-corrected chi connectivity index (χ1v) is 15.8. The van der Waals surface area contributed by atoms with E-state index in [2.05, 4.69) is 4.74 Å². The van der Waals surface area contributed by atoms with Gasteiger partial charge in [0.2, 0.25) is 0 Å². The van der Waals surface area contributed by atoms with Crippen LogP contribution in [0, 0.1) is 23.4 Å². The van der Waals surface area contributed by atoms with E-state index < -0.39 is 57.9 Å². The van der Waals surface area contributed by atoms with Gasteiger partial charge in [0, 0.05) is 48.8 Å². The Morgan fingerprint density at radius 3 is 2.08 bits per heavy atom. The highest BCUT2D eigenvalue weighted by molar-refractivity contribution is 8.00. The fraction of sp³-hybridized carbons (Fsp3) is 0.424. The highest BCUT2D eigenvalue weighted by Gasteiger charge is 2.73. The molecule has 0 spiro atoms. The van der Waals surface area contributed by atoms with Gasteiger partial charge in [0.05, 0.1) is 11.4 Å². The largest absolute Gasteiger partial charge is 0.430 e. The van der Waals surface area contributed by atoms with Gasteiger partial charge in [0.15, 0.2) is 0 Å². The molecule has 48 heavy (non-hydrogen) atoms. The number of aliphatic hydroxyl groups is 1. The maximum atomic E-state index is 14.5. The molecule has 2 atom stereocenters. The number of hydrogen-bond acceptors (Lipinski definition) is 4. The molecule has 0 aliphatic carbocycles. The zero-order valence-corrected chi connectivity index (χ0v) is 26.1. The number of ether oxygens (including phenoxy) is 1. The van der Waals surface area contributed by atoms with E-state index in [1.54, 1.807) is 9.80 Å². The topological polar surface area (TPSA) is 53.0 Å². The van der Waals surface area contributed by atoms with E-state index >= 15 is 0 Å². The number of amides is 2. The highest BCUT2D eigenvalue weighted by atomic mass is 32.2. The average molecular weight is 707 g/mol. The average Bonchev–Trinajstić information content (AvgIpc) is 3.47. The van der Waals surface area contributed by atoms with E-state index in [1.807, 2.05) is 0 Å². The number of carbonyl (C=O) groups excluding carboxylic acids is 1. The molecule has 2 aliphatic rings. The normalized spacial score (nSPS) is 20.8. The van der Waals surface area contributed by atoms with Crippen molar-refractivity contribution < 1.29 is 54.2 Å². The first-order chi connectivity index (χ1) is 22.6. The molecule has 2 fully saturated rings. The zero-order valence-electron chi connectivity index (χ0n) is 25.3. The van der Waals surface area contributed by atoms with Gasteiger partial charge in [-0.25, -0.2) is 18.0 Å². The van der Waals surface area contributed by atoms with Gasteiger partial charge < -0.3 is 19.6 Å². The Balaban J connectivity index is 1.51. The molecule has 0 bridgehead atoms. The van der Waals surface area contributed by atoms with Crippen molar-refractivity contribution in [1.29, 1.82) is 0 Å². The van der Waals surface area contributed by atoms with Crippen molar-refractivity contribution in [3.63, 3.8) is 0 Å². The molecule has 3 aromatic carbocycles. The summed E-state index contributed by atoms with van der Waals surface area (Å²) in [5, 5.41) is 9.60. The molecule has 3 aromatic rings. The van der Waals surface area contributed by atoms with E-state index in [1.165, 1.54) is 36.0 Å². The lowest BCUT2D eigenvalue weighted by Crippen LogP contribution is -2.56. The van der Waals surface area contributed by atoms with Crippen LogP contribution in [0.4, 0.5) is 44.3 Å². The number of thioether (sulfide) groups is 1. The molecule has 0 radical (unpaired) electrons. The SMILES string of the molecule is O=C(N1CCC[C@@H](CO)C1)N1CC[C@@](Sc2ccc(F)cc2)(c2ccc(C(OCc3c(F)cccc3F)(C(F)(F)F)C(F)(F)F)cc2)C1. The third kappa shape index (κ3) is 6.99. The van der Waals surface area contributed by atoms with Crippen LogP contribution in [0.25, 0.3) is 0 Å². The highest BCUT2D eigenvalue weighted by Crippen LogP contribution is 2.54. The van der Waals surface area contributed by atoms with Gasteiger partial charge in [0.1, 0.15) is 17.5 Å². The lowest BCUT2D eigenvalue weighted by Gasteiger charge is -2.38. The van der Waals surface area contributed by atoms with Crippen LogP contribution in [-0.4, -0.2) is 66.1 Å². The van der Waals surface area contributed by atoms with Crippen LogP contribution < -0.4 is 0 Å². The molecule has 0 unspecified atom stereocenters.